The summed E-state index contributed by atoms with van der Waals surface area (Å²) in [5.41, 5.74) is 30.5. The van der Waals surface area contributed by atoms with Crippen LogP contribution < -0.4 is 81.9 Å². The van der Waals surface area contributed by atoms with Gasteiger partial charge in [-0.1, -0.05) is 140 Å². The van der Waals surface area contributed by atoms with Crippen molar-refractivity contribution in [2.75, 3.05) is 0 Å². The molecule has 7 aromatic carbocycles. The first-order valence-corrected chi connectivity index (χ1v) is 23.5. The van der Waals surface area contributed by atoms with E-state index in [-0.39, 0.29) is 0 Å². The highest BCUT2D eigenvalue weighted by molar-refractivity contribution is 7.28. The Morgan fingerprint density at radius 3 is 1.09 bits per heavy atom. The lowest BCUT2D eigenvalue weighted by Crippen LogP contribution is -2.56. The summed E-state index contributed by atoms with van der Waals surface area (Å²) in [7, 11) is 34.7. The van der Waals surface area contributed by atoms with Crippen molar-refractivity contribution in [3.8, 4) is 67.5 Å². The summed E-state index contributed by atoms with van der Waals surface area (Å²) < 4.78 is 2.80. The zero-order chi connectivity index (χ0) is 45.6. The zero-order valence-electron chi connectivity index (χ0n) is 40.3. The maximum atomic E-state index is 5.47. The molecule has 0 saturated heterocycles. The number of hydrogen-bond acceptors (Lipinski definition) is 4. The number of rotatable bonds is 6. The van der Waals surface area contributed by atoms with Gasteiger partial charge in [-0.25, -0.2) is 15.0 Å². The van der Waals surface area contributed by atoms with Crippen LogP contribution >= 0.6 is 11.3 Å². The molecule has 0 fully saturated rings. The van der Waals surface area contributed by atoms with Crippen molar-refractivity contribution < 1.29 is 0 Å². The Labute approximate surface area is 396 Å². The van der Waals surface area contributed by atoms with E-state index in [1.54, 1.807) is 0 Å². The van der Waals surface area contributed by atoms with Gasteiger partial charge in [0.1, 0.15) is 118 Å². The van der Waals surface area contributed by atoms with Gasteiger partial charge in [0.15, 0.2) is 17.5 Å². The molecule has 0 aliphatic heterocycles. The van der Waals surface area contributed by atoms with Crippen LogP contribution in [0.25, 0.3) is 87.7 Å². The Morgan fingerprint density at radius 1 is 0.250 bits per heavy atom. The minimum absolute atomic E-state index is 0.659. The van der Waals surface area contributed by atoms with Crippen LogP contribution in [0.4, 0.5) is 0 Å². The summed E-state index contributed by atoms with van der Waals surface area (Å²) in [5, 5.41) is 2.84. The number of fused-ring (bicyclic) bond motifs is 3. The van der Waals surface area contributed by atoms with Gasteiger partial charge in [-0.05, 0) is 44.2 Å². The van der Waals surface area contributed by atoms with Crippen LogP contribution in [-0.4, -0.2) is 133 Å². The summed E-state index contributed by atoms with van der Waals surface area (Å²) >= 11 is 1.98. The lowest BCUT2D eigenvalue weighted by molar-refractivity contribution is 1.08. The molecular formula is C45H44B15N3S. The van der Waals surface area contributed by atoms with Crippen LogP contribution in [0.2, 0.25) is 0 Å². The van der Waals surface area contributed by atoms with Crippen molar-refractivity contribution in [1.29, 1.82) is 0 Å². The standard InChI is InChI=1S/C45H44B15N3S/c46-26-19(21-30(50)35(55)38(58)36(56)31(21)51)27(47)25(28(48)20(26)22-29(49)32(52)23-24-33(53)37(57)39(59)40(60)42(24)64-41(23)34(22)54)45-62-43(17-9-5-2-6-10-17)61-44(63-45)18-13-11-16(12-14-18)15-7-3-1-4-8-15/h1-14H,46-60H2. The molecule has 3 nitrogen and oxygen atoms in total. The van der Waals surface area contributed by atoms with Crippen molar-refractivity contribution in [3.05, 3.63) is 84.9 Å². The first-order chi connectivity index (χ1) is 30.5. The molecule has 0 spiro atoms. The topological polar surface area (TPSA) is 38.7 Å². The van der Waals surface area contributed by atoms with Crippen LogP contribution in [0.5, 0.6) is 0 Å². The molecule has 290 valence electrons. The smallest absolute Gasteiger partial charge is 0.164 e. The lowest BCUT2D eigenvalue weighted by atomic mass is 9.56. The van der Waals surface area contributed by atoms with E-state index in [1.807, 2.05) is 17.4 Å². The van der Waals surface area contributed by atoms with Crippen molar-refractivity contribution in [1.82, 2.24) is 15.0 Å². The van der Waals surface area contributed by atoms with E-state index in [0.717, 1.165) is 22.3 Å². The molecule has 0 saturated carbocycles. The molecule has 0 bridgehead atoms. The Balaban J connectivity index is 1.40. The SMILES string of the molecule is Bc1c(B)c(B)c(-c2c(B)c(-c3nc(-c4ccccc4)nc(-c4ccc(-c5ccccc5)cc4)n3)c(B)c(-c3c(B)c(B)c4c(sc5c(B)c(B)c(B)c(B)c54)c3B)c2B)c(B)c1B. The summed E-state index contributed by atoms with van der Waals surface area (Å²) in [6.45, 7) is 0. The van der Waals surface area contributed by atoms with Crippen molar-refractivity contribution in [2.24, 2.45) is 0 Å². The quantitative estimate of drug-likeness (QED) is 0.157. The highest BCUT2D eigenvalue weighted by atomic mass is 32.1. The van der Waals surface area contributed by atoms with Gasteiger partial charge in [0.05, 0.1) is 0 Å². The average molecular weight is 821 g/mol. The number of aromatic nitrogens is 3. The predicted octanol–water partition coefficient (Wildman–Crippen LogP) is -13.9. The van der Waals surface area contributed by atoms with Gasteiger partial charge < -0.3 is 0 Å². The van der Waals surface area contributed by atoms with Crippen LogP contribution in [0.3, 0.4) is 0 Å². The second kappa shape index (κ2) is 16.6. The van der Waals surface area contributed by atoms with Gasteiger partial charge in [-0.3, -0.25) is 0 Å². The van der Waals surface area contributed by atoms with Gasteiger partial charge in [0.25, 0.3) is 0 Å². The van der Waals surface area contributed by atoms with Gasteiger partial charge in [0, 0.05) is 26.1 Å². The Morgan fingerprint density at radius 2 is 0.562 bits per heavy atom. The fourth-order valence-corrected chi connectivity index (χ4v) is 12.2. The molecule has 0 aliphatic rings. The minimum atomic E-state index is 0.659. The molecule has 64 heavy (non-hydrogen) atoms. The van der Waals surface area contributed by atoms with E-state index >= 15 is 0 Å². The van der Waals surface area contributed by atoms with Gasteiger partial charge in [-0.2, -0.15) is 0 Å². The number of hydrogen-bond donors (Lipinski definition) is 0. The number of thiophene rings is 1. The summed E-state index contributed by atoms with van der Waals surface area (Å²) in [6.07, 6.45) is 0. The number of benzene rings is 7. The zero-order valence-corrected chi connectivity index (χ0v) is 41.1. The van der Waals surface area contributed by atoms with Gasteiger partial charge in [0.2, 0.25) is 0 Å². The fourth-order valence-electron chi connectivity index (χ4n) is 10.7. The van der Waals surface area contributed by atoms with E-state index in [1.165, 1.54) is 130 Å². The molecule has 0 unspecified atom stereocenters. The van der Waals surface area contributed by atoms with E-state index in [9.17, 15) is 0 Å². The van der Waals surface area contributed by atoms with E-state index < -0.39 is 0 Å². The molecule has 9 rings (SSSR count). The minimum Gasteiger partial charge on any atom is -0.208 e. The molecule has 0 N–H and O–H groups in total. The predicted molar refractivity (Wildman–Crippen MR) is 328 cm³/mol. The van der Waals surface area contributed by atoms with Crippen LogP contribution in [0, 0.1) is 0 Å². The molecule has 0 atom stereocenters. The largest absolute Gasteiger partial charge is 0.208 e. The molecule has 19 heteroatoms. The third kappa shape index (κ3) is 6.82. The first kappa shape index (κ1) is 44.0. The normalized spacial score (nSPS) is 11.4. The average Bonchev–Trinajstić information content (AvgIpc) is 3.72. The highest BCUT2D eigenvalue weighted by Crippen LogP contribution is 2.32. The molecule has 0 radical (unpaired) electrons. The second-order valence-electron chi connectivity index (χ2n) is 18.4. The fraction of sp³-hybridized carbons (Fsp3) is 0. The van der Waals surface area contributed by atoms with Crippen LogP contribution in [0.1, 0.15) is 0 Å². The van der Waals surface area contributed by atoms with Gasteiger partial charge in [-0.15, -0.1) is 38.7 Å². The molecule has 2 aromatic heterocycles. The molecule has 0 aliphatic carbocycles. The van der Waals surface area contributed by atoms with E-state index in [2.05, 4.69) is 197 Å². The summed E-state index contributed by atoms with van der Waals surface area (Å²) in [5.74, 6) is 2.01. The summed E-state index contributed by atoms with van der Waals surface area (Å²) in [4.78, 5) is 16.1. The molecule has 9 aromatic rings. The van der Waals surface area contributed by atoms with Crippen molar-refractivity contribution in [2.45, 2.75) is 0 Å². The van der Waals surface area contributed by atoms with Crippen LogP contribution in [0.15, 0.2) is 84.9 Å². The monoisotopic (exact) mass is 823 g/mol. The third-order valence-electron chi connectivity index (χ3n) is 15.2. The molecular weight excluding hydrogens is 777 g/mol. The van der Waals surface area contributed by atoms with Crippen LogP contribution in [-0.2, 0) is 0 Å². The maximum absolute atomic E-state index is 5.47. The van der Waals surface area contributed by atoms with E-state index in [0.29, 0.717) is 17.5 Å². The number of nitrogens with zero attached hydrogens (tertiary/aromatic N) is 3. The van der Waals surface area contributed by atoms with E-state index in [4.69, 9.17) is 15.0 Å². The Bertz CT molecular complexity index is 3410. The third-order valence-corrected chi connectivity index (χ3v) is 16.7. The van der Waals surface area contributed by atoms with Crippen molar-refractivity contribution in [3.63, 3.8) is 0 Å². The maximum Gasteiger partial charge on any atom is 0.164 e. The van der Waals surface area contributed by atoms with Gasteiger partial charge >= 0.3 is 0 Å². The van der Waals surface area contributed by atoms with Crippen molar-refractivity contribution >= 4 is 231 Å². The molecule has 0 amide bonds. The molecule has 2 heterocycles. The highest BCUT2D eigenvalue weighted by Gasteiger charge is 2.28. The first-order valence-electron chi connectivity index (χ1n) is 22.6. The Hall–Kier alpha value is -5.26. The second-order valence-corrected chi connectivity index (χ2v) is 19.4. The lowest BCUT2D eigenvalue weighted by Gasteiger charge is -2.29. The summed E-state index contributed by atoms with van der Waals surface area (Å²) in [6, 6.07) is 29.5. The Kier molecular flexibility index (Phi) is 11.4.